The molecule has 0 unspecified atom stereocenters. The van der Waals surface area contributed by atoms with E-state index in [1.165, 1.54) is 41.6 Å². The summed E-state index contributed by atoms with van der Waals surface area (Å²) >= 11 is 0. The van der Waals surface area contributed by atoms with Gasteiger partial charge >= 0.3 is 0 Å². The summed E-state index contributed by atoms with van der Waals surface area (Å²) in [5.41, 5.74) is -1.29. The van der Waals surface area contributed by atoms with E-state index in [9.17, 15) is 23.9 Å². The molecule has 0 aliphatic carbocycles. The van der Waals surface area contributed by atoms with Gasteiger partial charge in [-0.3, -0.25) is 19.0 Å². The molecule has 0 saturated carbocycles. The molecule has 0 fully saturated rings. The van der Waals surface area contributed by atoms with Gasteiger partial charge in [0.05, 0.1) is 5.69 Å². The van der Waals surface area contributed by atoms with Crippen molar-refractivity contribution >= 4 is 17.5 Å². The summed E-state index contributed by atoms with van der Waals surface area (Å²) < 4.78 is 20.7. The van der Waals surface area contributed by atoms with Gasteiger partial charge in [0.1, 0.15) is 17.2 Å². The summed E-state index contributed by atoms with van der Waals surface area (Å²) in [7, 11) is 1.49. The Bertz CT molecular complexity index is 1100. The van der Waals surface area contributed by atoms with E-state index in [4.69, 9.17) is 4.74 Å². The average Bonchev–Trinajstić information content (AvgIpc) is 2.93. The lowest BCUT2D eigenvalue weighted by molar-refractivity contribution is -0.116. The Balaban J connectivity index is 0.00000187. The van der Waals surface area contributed by atoms with E-state index in [1.54, 1.807) is 13.8 Å². The molecule has 180 valence electrons. The number of carbonyl (C=O) groups excluding carboxylic acids is 2. The van der Waals surface area contributed by atoms with Crippen molar-refractivity contribution in [3.8, 4) is 5.75 Å². The van der Waals surface area contributed by atoms with Gasteiger partial charge in [0.15, 0.2) is 5.69 Å². The summed E-state index contributed by atoms with van der Waals surface area (Å²) in [5, 5.41) is 12.9. The summed E-state index contributed by atoms with van der Waals surface area (Å²) in [6.07, 6.45) is 0.569. The SMILES string of the molecule is CC.CC(=O)N(C)c1cc(F)ccc1CNC(=O)c1nc2n(c(=O)c1O)CCCOC2(C)C. The Morgan fingerprint density at radius 1 is 1.33 bits per heavy atom. The van der Waals surface area contributed by atoms with Crippen LogP contribution in [0, 0.1) is 5.82 Å². The molecule has 0 bridgehead atoms. The first-order valence-corrected chi connectivity index (χ1v) is 10.8. The molecule has 1 aliphatic heterocycles. The fraction of sp³-hybridized carbons (Fsp3) is 0.478. The summed E-state index contributed by atoms with van der Waals surface area (Å²) in [4.78, 5) is 42.6. The highest BCUT2D eigenvalue weighted by Gasteiger charge is 2.33. The van der Waals surface area contributed by atoms with Crippen molar-refractivity contribution in [2.24, 2.45) is 0 Å². The third-order valence-electron chi connectivity index (χ3n) is 5.21. The summed E-state index contributed by atoms with van der Waals surface area (Å²) in [5.74, 6) is -2.12. The molecule has 1 aliphatic rings. The van der Waals surface area contributed by atoms with Crippen LogP contribution in [0.25, 0.3) is 0 Å². The molecule has 3 rings (SSSR count). The van der Waals surface area contributed by atoms with E-state index in [2.05, 4.69) is 10.3 Å². The highest BCUT2D eigenvalue weighted by Crippen LogP contribution is 2.27. The number of nitrogens with one attached hydrogen (secondary N) is 1. The van der Waals surface area contributed by atoms with E-state index in [1.807, 2.05) is 13.8 Å². The predicted molar refractivity (Wildman–Crippen MR) is 122 cm³/mol. The molecule has 33 heavy (non-hydrogen) atoms. The second-order valence-electron chi connectivity index (χ2n) is 7.84. The summed E-state index contributed by atoms with van der Waals surface area (Å²) in [6, 6.07) is 3.84. The van der Waals surface area contributed by atoms with Crippen molar-refractivity contribution in [1.29, 1.82) is 0 Å². The number of benzene rings is 1. The molecule has 2 aromatic rings. The van der Waals surface area contributed by atoms with E-state index in [0.29, 0.717) is 30.8 Å². The highest BCUT2D eigenvalue weighted by molar-refractivity contribution is 5.95. The first-order valence-electron chi connectivity index (χ1n) is 10.8. The Labute approximate surface area is 192 Å². The van der Waals surface area contributed by atoms with Crippen LogP contribution in [0.4, 0.5) is 10.1 Å². The van der Waals surface area contributed by atoms with Crippen molar-refractivity contribution in [3.63, 3.8) is 0 Å². The van der Waals surface area contributed by atoms with Gasteiger partial charge in [0.25, 0.3) is 11.5 Å². The Hall–Kier alpha value is -3.27. The average molecular weight is 463 g/mol. The Morgan fingerprint density at radius 2 is 2.00 bits per heavy atom. The first-order chi connectivity index (χ1) is 15.5. The number of fused-ring (bicyclic) bond motifs is 1. The van der Waals surface area contributed by atoms with Crippen LogP contribution in [0.3, 0.4) is 0 Å². The minimum absolute atomic E-state index is 0.0779. The fourth-order valence-corrected chi connectivity index (χ4v) is 3.41. The predicted octanol–water partition coefficient (Wildman–Crippen LogP) is 2.68. The zero-order valence-electron chi connectivity index (χ0n) is 19.9. The number of hydrogen-bond donors (Lipinski definition) is 2. The maximum Gasteiger partial charge on any atom is 0.296 e. The second-order valence-corrected chi connectivity index (χ2v) is 7.84. The fourth-order valence-electron chi connectivity index (χ4n) is 3.41. The largest absolute Gasteiger partial charge is 0.501 e. The Kier molecular flexibility index (Phi) is 8.32. The van der Waals surface area contributed by atoms with Gasteiger partial charge in [-0.05, 0) is 38.0 Å². The quantitative estimate of drug-likeness (QED) is 0.722. The van der Waals surface area contributed by atoms with Crippen LogP contribution in [-0.2, 0) is 28.2 Å². The minimum atomic E-state index is -0.924. The van der Waals surface area contributed by atoms with E-state index < -0.39 is 34.3 Å². The van der Waals surface area contributed by atoms with Gasteiger partial charge in [-0.2, -0.15) is 0 Å². The van der Waals surface area contributed by atoms with Crippen LogP contribution in [0.2, 0.25) is 0 Å². The maximum atomic E-state index is 13.7. The highest BCUT2D eigenvalue weighted by atomic mass is 19.1. The standard InChI is InChI=1S/C21H25FN4O5.C2H6/c1-12(27)25(4)15-10-14(22)7-6-13(15)11-23-18(29)16-17(28)19(30)26-8-5-9-31-21(2,3)20(26)24-16;1-2/h6-7,10,28H,5,8-9,11H2,1-4H3,(H,23,29);1-2H3. The molecule has 10 heteroatoms. The number of aromatic hydroxyl groups is 1. The lowest BCUT2D eigenvalue weighted by atomic mass is 10.1. The number of anilines is 1. The lowest BCUT2D eigenvalue weighted by Gasteiger charge is -2.25. The van der Waals surface area contributed by atoms with Crippen LogP contribution in [0.1, 0.15) is 62.9 Å². The number of ether oxygens (including phenoxy) is 1. The van der Waals surface area contributed by atoms with Crippen LogP contribution < -0.4 is 15.8 Å². The molecular formula is C23H31FN4O5. The van der Waals surface area contributed by atoms with Crippen molar-refractivity contribution in [1.82, 2.24) is 14.9 Å². The number of halogens is 1. The third-order valence-corrected chi connectivity index (χ3v) is 5.21. The van der Waals surface area contributed by atoms with Crippen LogP contribution >= 0.6 is 0 Å². The van der Waals surface area contributed by atoms with Crippen LogP contribution in [0.5, 0.6) is 5.75 Å². The monoisotopic (exact) mass is 462 g/mol. The number of amides is 2. The van der Waals surface area contributed by atoms with Gasteiger partial charge in [-0.25, -0.2) is 9.37 Å². The number of nitrogens with zero attached hydrogens (tertiary/aromatic N) is 3. The van der Waals surface area contributed by atoms with Crippen molar-refractivity contribution < 1.29 is 23.8 Å². The lowest BCUT2D eigenvalue weighted by Crippen LogP contribution is -2.36. The van der Waals surface area contributed by atoms with E-state index in [0.717, 1.165) is 0 Å². The van der Waals surface area contributed by atoms with Crippen molar-refractivity contribution in [2.45, 2.75) is 59.7 Å². The van der Waals surface area contributed by atoms with Crippen molar-refractivity contribution in [2.75, 3.05) is 18.6 Å². The van der Waals surface area contributed by atoms with E-state index >= 15 is 0 Å². The number of carbonyl (C=O) groups is 2. The zero-order chi connectivity index (χ0) is 24.9. The van der Waals surface area contributed by atoms with Crippen LogP contribution in [0.15, 0.2) is 23.0 Å². The summed E-state index contributed by atoms with van der Waals surface area (Å²) in [6.45, 7) is 9.45. The third kappa shape index (κ3) is 5.57. The van der Waals surface area contributed by atoms with Gasteiger partial charge in [0.2, 0.25) is 11.7 Å². The number of hydrogen-bond acceptors (Lipinski definition) is 6. The second kappa shape index (κ2) is 10.6. The molecule has 2 amide bonds. The van der Waals surface area contributed by atoms with Gasteiger partial charge in [0, 0.05) is 33.7 Å². The van der Waals surface area contributed by atoms with E-state index in [-0.39, 0.29) is 18.3 Å². The normalized spacial score (nSPS) is 14.3. The number of aromatic nitrogens is 2. The molecule has 2 heterocycles. The zero-order valence-corrected chi connectivity index (χ0v) is 19.9. The first kappa shape index (κ1) is 26.0. The van der Waals surface area contributed by atoms with Crippen LogP contribution in [-0.4, -0.2) is 40.1 Å². The molecule has 1 aromatic carbocycles. The van der Waals surface area contributed by atoms with Gasteiger partial charge < -0.3 is 20.1 Å². The molecule has 0 atom stereocenters. The number of rotatable bonds is 4. The molecule has 0 saturated heterocycles. The van der Waals surface area contributed by atoms with Crippen molar-refractivity contribution in [3.05, 3.63) is 51.5 Å². The van der Waals surface area contributed by atoms with Gasteiger partial charge in [-0.15, -0.1) is 0 Å². The Morgan fingerprint density at radius 3 is 2.64 bits per heavy atom. The maximum absolute atomic E-state index is 13.7. The topological polar surface area (TPSA) is 114 Å². The molecule has 9 nitrogen and oxygen atoms in total. The molecular weight excluding hydrogens is 431 g/mol. The molecule has 1 aromatic heterocycles. The molecule has 2 N–H and O–H groups in total. The smallest absolute Gasteiger partial charge is 0.296 e. The molecule has 0 radical (unpaired) electrons. The minimum Gasteiger partial charge on any atom is -0.501 e. The molecule has 0 spiro atoms. The van der Waals surface area contributed by atoms with Gasteiger partial charge in [-0.1, -0.05) is 19.9 Å².